The van der Waals surface area contributed by atoms with Crippen LogP contribution in [0.1, 0.15) is 18.2 Å². The summed E-state index contributed by atoms with van der Waals surface area (Å²) in [7, 11) is 4.70. The normalized spacial score (nSPS) is 14.5. The Morgan fingerprint density at radius 3 is 2.52 bits per heavy atom. The van der Waals surface area contributed by atoms with Crippen LogP contribution in [0, 0.1) is 0 Å². The van der Waals surface area contributed by atoms with Gasteiger partial charge in [-0.05, 0) is 42.0 Å². The van der Waals surface area contributed by atoms with E-state index in [1.165, 1.54) is 0 Å². The number of rotatable bonds is 8. The molecule has 0 bridgehead atoms. The molecule has 0 spiro atoms. The predicted molar refractivity (Wildman–Crippen MR) is 127 cm³/mol. The van der Waals surface area contributed by atoms with Gasteiger partial charge in [0.2, 0.25) is 5.91 Å². The number of methoxy groups -OCH3 is 3. The molecule has 1 unspecified atom stereocenters. The van der Waals surface area contributed by atoms with Crippen molar-refractivity contribution in [2.24, 2.45) is 0 Å². The smallest absolute Gasteiger partial charge is 0.251 e. The molecule has 2 N–H and O–H groups in total. The van der Waals surface area contributed by atoms with Gasteiger partial charge in [-0.2, -0.15) is 5.10 Å². The van der Waals surface area contributed by atoms with Crippen molar-refractivity contribution in [3.63, 3.8) is 0 Å². The van der Waals surface area contributed by atoms with E-state index in [0.29, 0.717) is 34.3 Å². The van der Waals surface area contributed by atoms with Crippen LogP contribution in [-0.4, -0.2) is 42.9 Å². The first-order valence-corrected chi connectivity index (χ1v) is 10.9. The number of benzene rings is 2. The van der Waals surface area contributed by atoms with Crippen LogP contribution in [0.25, 0.3) is 11.1 Å². The molecule has 0 saturated carbocycles. The van der Waals surface area contributed by atoms with Crippen LogP contribution in [0.15, 0.2) is 46.9 Å². The van der Waals surface area contributed by atoms with Gasteiger partial charge < -0.3 is 24.8 Å². The summed E-state index contributed by atoms with van der Waals surface area (Å²) < 4.78 is 18.6. The molecule has 2 heterocycles. The van der Waals surface area contributed by atoms with Gasteiger partial charge in [-0.25, -0.2) is 4.68 Å². The van der Waals surface area contributed by atoms with E-state index in [4.69, 9.17) is 14.2 Å². The van der Waals surface area contributed by atoms with Gasteiger partial charge in [0.25, 0.3) is 5.91 Å². The van der Waals surface area contributed by atoms with Gasteiger partial charge >= 0.3 is 0 Å². The zero-order chi connectivity index (χ0) is 23.5. The van der Waals surface area contributed by atoms with Crippen molar-refractivity contribution in [2.75, 3.05) is 32.0 Å². The molecule has 0 saturated heterocycles. The topological polar surface area (TPSA) is 104 Å². The van der Waals surface area contributed by atoms with Crippen molar-refractivity contribution in [1.82, 2.24) is 9.78 Å². The Hall–Kier alpha value is -3.37. The van der Waals surface area contributed by atoms with Gasteiger partial charge in [0.1, 0.15) is 11.9 Å². The fourth-order valence-electron chi connectivity index (χ4n) is 3.77. The first kappa shape index (κ1) is 22.8. The SMILES string of the molecule is COCc1nn2c(c1-c1ccc(OC)c(OC)c1)NC(=O)C2CC(=O)Nc1ccc(Br)cc1. The highest BCUT2D eigenvalue weighted by molar-refractivity contribution is 9.10. The lowest BCUT2D eigenvalue weighted by atomic mass is 10.0. The highest BCUT2D eigenvalue weighted by Gasteiger charge is 2.37. The second kappa shape index (κ2) is 9.63. The minimum atomic E-state index is -0.778. The number of carbonyl (C=O) groups excluding carboxylic acids is 2. The summed E-state index contributed by atoms with van der Waals surface area (Å²) in [4.78, 5) is 25.4. The van der Waals surface area contributed by atoms with Crippen LogP contribution in [0.3, 0.4) is 0 Å². The molecule has 1 aromatic heterocycles. The predicted octanol–water partition coefficient (Wildman–Crippen LogP) is 4.00. The Labute approximate surface area is 199 Å². The highest BCUT2D eigenvalue weighted by Crippen LogP contribution is 2.41. The van der Waals surface area contributed by atoms with Crippen molar-refractivity contribution < 1.29 is 23.8 Å². The second-order valence-corrected chi connectivity index (χ2v) is 8.30. The van der Waals surface area contributed by atoms with Crippen LogP contribution in [0.2, 0.25) is 0 Å². The molecule has 10 heteroatoms. The monoisotopic (exact) mass is 514 g/mol. The van der Waals surface area contributed by atoms with E-state index in [2.05, 4.69) is 31.7 Å². The first-order chi connectivity index (χ1) is 15.9. The van der Waals surface area contributed by atoms with Crippen molar-refractivity contribution in [1.29, 1.82) is 0 Å². The minimum absolute atomic E-state index is 0.0611. The van der Waals surface area contributed by atoms with E-state index in [0.717, 1.165) is 10.0 Å². The van der Waals surface area contributed by atoms with E-state index < -0.39 is 6.04 Å². The summed E-state index contributed by atoms with van der Waals surface area (Å²) in [6, 6.07) is 11.9. The van der Waals surface area contributed by atoms with Crippen molar-refractivity contribution >= 4 is 39.2 Å². The lowest BCUT2D eigenvalue weighted by Gasteiger charge is -2.11. The molecular weight excluding hydrogens is 492 g/mol. The molecule has 0 fully saturated rings. The van der Waals surface area contributed by atoms with E-state index in [1.807, 2.05) is 24.3 Å². The van der Waals surface area contributed by atoms with E-state index in [-0.39, 0.29) is 24.8 Å². The summed E-state index contributed by atoms with van der Waals surface area (Å²) in [6.45, 7) is 0.233. The first-order valence-electron chi connectivity index (χ1n) is 10.1. The molecule has 3 aromatic rings. The number of amides is 2. The Morgan fingerprint density at radius 1 is 1.12 bits per heavy atom. The van der Waals surface area contributed by atoms with Crippen LogP contribution in [0.4, 0.5) is 11.5 Å². The Bertz CT molecular complexity index is 1190. The fourth-order valence-corrected chi connectivity index (χ4v) is 4.03. The molecule has 1 aliphatic rings. The van der Waals surface area contributed by atoms with Gasteiger partial charge in [0.05, 0.1) is 38.5 Å². The largest absolute Gasteiger partial charge is 0.493 e. The molecular formula is C23H23BrN4O5. The maximum atomic E-state index is 12.8. The quantitative estimate of drug-likeness (QED) is 0.470. The summed E-state index contributed by atoms with van der Waals surface area (Å²) in [5.74, 6) is 1.06. The fraction of sp³-hybridized carbons (Fsp3) is 0.261. The van der Waals surface area contributed by atoms with Crippen molar-refractivity contribution in [3.05, 3.63) is 52.6 Å². The molecule has 1 aliphatic heterocycles. The number of hydrogen-bond donors (Lipinski definition) is 2. The second-order valence-electron chi connectivity index (χ2n) is 7.38. The number of carbonyl (C=O) groups is 2. The number of hydrogen-bond acceptors (Lipinski definition) is 6. The van der Waals surface area contributed by atoms with Crippen LogP contribution in [-0.2, 0) is 20.9 Å². The number of nitrogens with zero attached hydrogens (tertiary/aromatic N) is 2. The molecule has 0 aliphatic carbocycles. The van der Waals surface area contributed by atoms with Crippen LogP contribution >= 0.6 is 15.9 Å². The Balaban J connectivity index is 1.65. The number of anilines is 2. The lowest BCUT2D eigenvalue weighted by molar-refractivity contribution is -0.123. The van der Waals surface area contributed by atoms with Crippen LogP contribution < -0.4 is 20.1 Å². The van der Waals surface area contributed by atoms with Gasteiger partial charge in [0.15, 0.2) is 11.5 Å². The Kier molecular flexibility index (Phi) is 6.66. The molecule has 33 heavy (non-hydrogen) atoms. The standard InChI is InChI=1S/C23H23BrN4O5/c1-31-12-16-21(13-4-9-18(32-2)19(10-13)33-3)22-26-23(30)17(28(22)27-16)11-20(29)25-15-7-5-14(24)6-8-15/h4-10,17H,11-12H2,1-3H3,(H,25,29)(H,26,30). The minimum Gasteiger partial charge on any atom is -0.493 e. The number of halogens is 1. The Morgan fingerprint density at radius 2 is 1.85 bits per heavy atom. The molecule has 0 radical (unpaired) electrons. The molecule has 2 amide bonds. The summed E-state index contributed by atoms with van der Waals surface area (Å²) in [5.41, 5.74) is 2.77. The van der Waals surface area contributed by atoms with E-state index >= 15 is 0 Å². The van der Waals surface area contributed by atoms with E-state index in [1.54, 1.807) is 44.2 Å². The molecule has 1 atom stereocenters. The third-order valence-corrected chi connectivity index (χ3v) is 5.81. The zero-order valence-corrected chi connectivity index (χ0v) is 19.9. The zero-order valence-electron chi connectivity index (χ0n) is 18.3. The lowest BCUT2D eigenvalue weighted by Crippen LogP contribution is -2.24. The van der Waals surface area contributed by atoms with Gasteiger partial charge in [-0.3, -0.25) is 9.59 Å². The average molecular weight is 515 g/mol. The molecule has 172 valence electrons. The van der Waals surface area contributed by atoms with Gasteiger partial charge in [-0.1, -0.05) is 22.0 Å². The average Bonchev–Trinajstić information content (AvgIpc) is 3.30. The van der Waals surface area contributed by atoms with Crippen LogP contribution in [0.5, 0.6) is 11.5 Å². The van der Waals surface area contributed by atoms with Crippen molar-refractivity contribution in [2.45, 2.75) is 19.1 Å². The summed E-state index contributed by atoms with van der Waals surface area (Å²) in [5, 5.41) is 10.3. The third-order valence-electron chi connectivity index (χ3n) is 5.28. The molecule has 4 rings (SSSR count). The molecule has 2 aromatic carbocycles. The molecule has 9 nitrogen and oxygen atoms in total. The number of nitrogens with one attached hydrogen (secondary N) is 2. The number of ether oxygens (including phenoxy) is 3. The van der Waals surface area contributed by atoms with Gasteiger partial charge in [0, 0.05) is 17.3 Å². The third kappa shape index (κ3) is 4.57. The number of fused-ring (bicyclic) bond motifs is 1. The maximum Gasteiger partial charge on any atom is 0.251 e. The van der Waals surface area contributed by atoms with E-state index in [9.17, 15) is 9.59 Å². The van der Waals surface area contributed by atoms with Gasteiger partial charge in [-0.15, -0.1) is 0 Å². The summed E-state index contributed by atoms with van der Waals surface area (Å²) >= 11 is 3.36. The highest BCUT2D eigenvalue weighted by atomic mass is 79.9. The summed E-state index contributed by atoms with van der Waals surface area (Å²) in [6.07, 6.45) is -0.0611. The number of aromatic nitrogens is 2. The van der Waals surface area contributed by atoms with Crippen molar-refractivity contribution in [3.8, 4) is 22.6 Å². The maximum absolute atomic E-state index is 12.8.